The van der Waals surface area contributed by atoms with Crippen LogP contribution in [0.3, 0.4) is 0 Å². The number of nitrogens with zero attached hydrogens (tertiary/aromatic N) is 2. The van der Waals surface area contributed by atoms with E-state index >= 15 is 0 Å². The molecule has 1 amide bonds. The third-order valence-corrected chi connectivity index (χ3v) is 3.75. The van der Waals surface area contributed by atoms with Crippen LogP contribution in [0.5, 0.6) is 0 Å². The van der Waals surface area contributed by atoms with Crippen molar-refractivity contribution in [2.24, 2.45) is 5.92 Å². The van der Waals surface area contributed by atoms with Crippen LogP contribution in [0.2, 0.25) is 0 Å². The molecule has 2 aromatic rings. The Bertz CT molecular complexity index is 557. The van der Waals surface area contributed by atoms with Crippen LogP contribution < -0.4 is 5.32 Å². The summed E-state index contributed by atoms with van der Waals surface area (Å²) in [4.78, 5) is 16.2. The molecule has 2 aromatic heterocycles. The first-order valence-corrected chi connectivity index (χ1v) is 7.24. The van der Waals surface area contributed by atoms with Crippen LogP contribution in [0, 0.1) is 12.8 Å². The molecule has 2 N–H and O–H groups in total. The molecule has 6 heteroatoms. The van der Waals surface area contributed by atoms with Gasteiger partial charge >= 0.3 is 0 Å². The summed E-state index contributed by atoms with van der Waals surface area (Å²) in [7, 11) is 0. The van der Waals surface area contributed by atoms with Gasteiger partial charge in [-0.2, -0.15) is 4.37 Å². The third-order valence-electron chi connectivity index (χ3n) is 3.03. The van der Waals surface area contributed by atoms with Gasteiger partial charge in [-0.3, -0.25) is 9.78 Å². The Morgan fingerprint density at radius 2 is 2.35 bits per heavy atom. The number of amides is 1. The molecule has 0 bridgehead atoms. The first kappa shape index (κ1) is 14.6. The van der Waals surface area contributed by atoms with E-state index in [1.165, 1.54) is 11.5 Å². The zero-order chi connectivity index (χ0) is 14.4. The fraction of sp³-hybridized carbons (Fsp3) is 0.357. The van der Waals surface area contributed by atoms with Crippen molar-refractivity contribution in [3.63, 3.8) is 0 Å². The molecule has 0 aliphatic heterocycles. The summed E-state index contributed by atoms with van der Waals surface area (Å²) in [5.74, 6) is -0.184. The minimum Gasteiger partial charge on any atom is -0.396 e. The van der Waals surface area contributed by atoms with E-state index in [0.717, 1.165) is 11.4 Å². The Labute approximate surface area is 121 Å². The number of hydrogen-bond donors (Lipinski definition) is 2. The molecule has 2 heterocycles. The molecule has 0 spiro atoms. The van der Waals surface area contributed by atoms with Crippen LogP contribution in [0.4, 0.5) is 0 Å². The average molecular weight is 291 g/mol. The van der Waals surface area contributed by atoms with Crippen molar-refractivity contribution in [3.05, 3.63) is 46.7 Å². The average Bonchev–Trinajstić information content (AvgIpc) is 2.90. The lowest BCUT2D eigenvalue weighted by atomic mass is 10.0. The highest BCUT2D eigenvalue weighted by Crippen LogP contribution is 2.10. The van der Waals surface area contributed by atoms with E-state index in [1.807, 2.05) is 25.1 Å². The van der Waals surface area contributed by atoms with Gasteiger partial charge in [-0.15, -0.1) is 0 Å². The first-order chi connectivity index (χ1) is 9.70. The fourth-order valence-electron chi connectivity index (χ4n) is 1.86. The summed E-state index contributed by atoms with van der Waals surface area (Å²) in [5.41, 5.74) is 2.25. The van der Waals surface area contributed by atoms with E-state index in [2.05, 4.69) is 14.7 Å². The van der Waals surface area contributed by atoms with Gasteiger partial charge in [-0.05, 0) is 37.0 Å². The summed E-state index contributed by atoms with van der Waals surface area (Å²) >= 11 is 1.27. The smallest absolute Gasteiger partial charge is 0.254 e. The molecule has 0 aromatic carbocycles. The van der Waals surface area contributed by atoms with Crippen molar-refractivity contribution in [3.8, 4) is 0 Å². The maximum Gasteiger partial charge on any atom is 0.254 e. The number of carbonyl (C=O) groups is 1. The lowest BCUT2D eigenvalue weighted by Crippen LogP contribution is -2.32. The second-order valence-electron chi connectivity index (χ2n) is 4.60. The van der Waals surface area contributed by atoms with Crippen LogP contribution >= 0.6 is 11.5 Å². The predicted molar refractivity (Wildman–Crippen MR) is 77.7 cm³/mol. The zero-order valence-corrected chi connectivity index (χ0v) is 12.1. The molecule has 0 radical (unpaired) electrons. The van der Waals surface area contributed by atoms with Crippen LogP contribution in [0.25, 0.3) is 0 Å². The lowest BCUT2D eigenvalue weighted by molar-refractivity contribution is 0.0939. The van der Waals surface area contributed by atoms with Crippen molar-refractivity contribution in [1.82, 2.24) is 14.7 Å². The predicted octanol–water partition coefficient (Wildman–Crippen LogP) is 1.43. The Morgan fingerprint density at radius 1 is 1.50 bits per heavy atom. The Kier molecular flexibility index (Phi) is 5.20. The first-order valence-electron chi connectivity index (χ1n) is 6.40. The van der Waals surface area contributed by atoms with Gasteiger partial charge in [-0.1, -0.05) is 6.07 Å². The minimum absolute atomic E-state index is 0.0116. The van der Waals surface area contributed by atoms with E-state index in [-0.39, 0.29) is 18.4 Å². The lowest BCUT2D eigenvalue weighted by Gasteiger charge is -2.14. The molecular formula is C14H17N3O2S. The van der Waals surface area contributed by atoms with Crippen molar-refractivity contribution in [1.29, 1.82) is 0 Å². The molecule has 5 nitrogen and oxygen atoms in total. The minimum atomic E-state index is -0.143. The molecule has 20 heavy (non-hydrogen) atoms. The van der Waals surface area contributed by atoms with E-state index < -0.39 is 0 Å². The summed E-state index contributed by atoms with van der Waals surface area (Å²) in [6, 6.07) is 5.68. The Balaban J connectivity index is 1.88. The van der Waals surface area contributed by atoms with Gasteiger partial charge in [0.2, 0.25) is 0 Å². The molecule has 0 fully saturated rings. The number of aliphatic hydroxyl groups excluding tert-OH is 1. The monoisotopic (exact) mass is 291 g/mol. The van der Waals surface area contributed by atoms with Gasteiger partial charge in [0.1, 0.15) is 0 Å². The molecule has 2 rings (SSSR count). The largest absolute Gasteiger partial charge is 0.396 e. The normalized spacial score (nSPS) is 12.1. The fourth-order valence-corrected chi connectivity index (χ4v) is 2.55. The van der Waals surface area contributed by atoms with Gasteiger partial charge < -0.3 is 10.4 Å². The molecule has 0 aliphatic carbocycles. The van der Waals surface area contributed by atoms with Crippen molar-refractivity contribution in [2.75, 3.05) is 13.2 Å². The zero-order valence-electron chi connectivity index (χ0n) is 11.2. The van der Waals surface area contributed by atoms with Gasteiger partial charge in [0.15, 0.2) is 0 Å². The summed E-state index contributed by atoms with van der Waals surface area (Å²) in [6.07, 6.45) is 2.36. The van der Waals surface area contributed by atoms with Crippen LogP contribution in [0.1, 0.15) is 21.7 Å². The number of pyridine rings is 1. The second kappa shape index (κ2) is 7.12. The van der Waals surface area contributed by atoms with E-state index in [0.29, 0.717) is 18.5 Å². The van der Waals surface area contributed by atoms with E-state index in [1.54, 1.807) is 11.6 Å². The van der Waals surface area contributed by atoms with Crippen molar-refractivity contribution in [2.45, 2.75) is 13.3 Å². The van der Waals surface area contributed by atoms with Crippen LogP contribution in [-0.2, 0) is 6.42 Å². The molecule has 0 saturated carbocycles. The Morgan fingerprint density at radius 3 is 2.95 bits per heavy atom. The van der Waals surface area contributed by atoms with Gasteiger partial charge in [0, 0.05) is 36.3 Å². The molecule has 0 aliphatic rings. The molecule has 0 saturated heterocycles. The van der Waals surface area contributed by atoms with Gasteiger partial charge in [-0.25, -0.2) is 0 Å². The van der Waals surface area contributed by atoms with Crippen molar-refractivity contribution < 1.29 is 9.90 Å². The SMILES string of the molecule is Cc1nscc1C(=O)NCC(CO)Cc1ccccn1. The maximum atomic E-state index is 12.0. The van der Waals surface area contributed by atoms with Crippen molar-refractivity contribution >= 4 is 17.4 Å². The highest BCUT2D eigenvalue weighted by Gasteiger charge is 2.14. The quantitative estimate of drug-likeness (QED) is 0.844. The molecule has 1 unspecified atom stereocenters. The van der Waals surface area contributed by atoms with Crippen LogP contribution in [0.15, 0.2) is 29.8 Å². The third kappa shape index (κ3) is 3.85. The van der Waals surface area contributed by atoms with Gasteiger partial charge in [0.05, 0.1) is 11.3 Å². The highest BCUT2D eigenvalue weighted by atomic mass is 32.1. The standard InChI is InChI=1S/C14H17N3O2S/c1-10-13(9-20-17-10)14(19)16-7-11(8-18)6-12-4-2-3-5-15-12/h2-5,9,11,18H,6-8H2,1H3,(H,16,19). The Hall–Kier alpha value is -1.79. The number of aromatic nitrogens is 2. The van der Waals surface area contributed by atoms with E-state index in [4.69, 9.17) is 0 Å². The summed E-state index contributed by atoms with van der Waals surface area (Å²) in [6.45, 7) is 2.24. The summed E-state index contributed by atoms with van der Waals surface area (Å²) < 4.78 is 4.07. The number of aryl methyl sites for hydroxylation is 1. The highest BCUT2D eigenvalue weighted by molar-refractivity contribution is 7.03. The number of hydrogen-bond acceptors (Lipinski definition) is 5. The number of carbonyl (C=O) groups excluding carboxylic acids is 1. The van der Waals surface area contributed by atoms with E-state index in [9.17, 15) is 9.90 Å². The molecule has 106 valence electrons. The molecule has 1 atom stereocenters. The molecular weight excluding hydrogens is 274 g/mol. The topological polar surface area (TPSA) is 75.1 Å². The second-order valence-corrected chi connectivity index (χ2v) is 5.23. The van der Waals surface area contributed by atoms with Crippen LogP contribution in [-0.4, -0.2) is 33.5 Å². The summed E-state index contributed by atoms with van der Waals surface area (Å²) in [5, 5.41) is 14.0. The maximum absolute atomic E-state index is 12.0. The number of aliphatic hydroxyl groups is 1. The number of rotatable bonds is 6. The van der Waals surface area contributed by atoms with Gasteiger partial charge in [0.25, 0.3) is 5.91 Å². The number of nitrogens with one attached hydrogen (secondary N) is 1.